The fraction of sp³-hybridized carbons (Fsp3) is 0.0645. The van der Waals surface area contributed by atoms with Crippen LogP contribution in [0.3, 0.4) is 0 Å². The van der Waals surface area contributed by atoms with Crippen molar-refractivity contribution in [3.8, 4) is 17.1 Å². The molecule has 0 spiro atoms. The Hall–Kier alpha value is -5.37. The third-order valence-corrected chi connectivity index (χ3v) is 6.94. The Labute approximate surface area is 223 Å². The van der Waals surface area contributed by atoms with Crippen molar-refractivity contribution in [2.75, 3.05) is 0 Å². The molecule has 7 aromatic heterocycles. The van der Waals surface area contributed by atoms with Crippen molar-refractivity contribution < 1.29 is 0 Å². The Morgan fingerprint density at radius 1 is 0.462 bits per heavy atom. The highest BCUT2D eigenvalue weighted by atomic mass is 15.1. The van der Waals surface area contributed by atoms with E-state index < -0.39 is 0 Å². The largest absolute Gasteiger partial charge is 0.309 e. The van der Waals surface area contributed by atoms with Crippen LogP contribution >= 0.6 is 0 Å². The molecule has 8 nitrogen and oxygen atoms in total. The third kappa shape index (κ3) is 3.49. The van der Waals surface area contributed by atoms with Crippen LogP contribution in [0.1, 0.15) is 13.8 Å². The summed E-state index contributed by atoms with van der Waals surface area (Å²) in [6, 6.07) is 14.8. The first-order valence-corrected chi connectivity index (χ1v) is 12.9. The zero-order chi connectivity index (χ0) is 26.3. The van der Waals surface area contributed by atoms with E-state index in [1.807, 2.05) is 80.5 Å². The van der Waals surface area contributed by atoms with Gasteiger partial charge in [-0.2, -0.15) is 0 Å². The Morgan fingerprint density at radius 2 is 0.846 bits per heavy atom. The van der Waals surface area contributed by atoms with Crippen molar-refractivity contribution in [3.63, 3.8) is 0 Å². The van der Waals surface area contributed by atoms with Gasteiger partial charge in [0.1, 0.15) is 0 Å². The molecule has 8 heteroatoms. The number of fused-ring (bicyclic) bond motifs is 6. The molecule has 0 aliphatic rings. The van der Waals surface area contributed by atoms with Crippen LogP contribution in [0.5, 0.6) is 0 Å². The van der Waals surface area contributed by atoms with Crippen molar-refractivity contribution >= 4 is 43.6 Å². The van der Waals surface area contributed by atoms with Gasteiger partial charge in [-0.05, 0) is 42.5 Å². The summed E-state index contributed by atoms with van der Waals surface area (Å²) >= 11 is 0. The predicted octanol–water partition coefficient (Wildman–Crippen LogP) is 6.67. The van der Waals surface area contributed by atoms with Gasteiger partial charge < -0.3 is 13.7 Å². The molecular weight excluding hydrogens is 484 g/mol. The zero-order valence-corrected chi connectivity index (χ0v) is 21.5. The smallest absolute Gasteiger partial charge is 0.0991 e. The second-order valence-electron chi connectivity index (χ2n) is 8.92. The summed E-state index contributed by atoms with van der Waals surface area (Å²) in [7, 11) is 0. The van der Waals surface area contributed by atoms with Gasteiger partial charge in [0.05, 0.1) is 45.5 Å². The first kappa shape index (κ1) is 22.8. The molecule has 0 aliphatic carbocycles. The number of benzene rings is 1. The van der Waals surface area contributed by atoms with Crippen LogP contribution in [0.25, 0.3) is 60.7 Å². The van der Waals surface area contributed by atoms with Gasteiger partial charge in [-0.15, -0.1) is 0 Å². The maximum Gasteiger partial charge on any atom is 0.0991 e. The molecule has 39 heavy (non-hydrogen) atoms. The molecule has 7 heterocycles. The average molecular weight is 509 g/mol. The van der Waals surface area contributed by atoms with E-state index in [0.717, 1.165) is 60.7 Å². The molecule has 0 N–H and O–H groups in total. The number of imidazole rings is 1. The summed E-state index contributed by atoms with van der Waals surface area (Å²) in [5.74, 6) is 0. The van der Waals surface area contributed by atoms with Gasteiger partial charge in [0.2, 0.25) is 0 Å². The molecule has 0 radical (unpaired) electrons. The molecule has 188 valence electrons. The predicted molar refractivity (Wildman–Crippen MR) is 155 cm³/mol. The van der Waals surface area contributed by atoms with Crippen molar-refractivity contribution in [3.05, 3.63) is 111 Å². The van der Waals surface area contributed by atoms with Crippen molar-refractivity contribution in [1.29, 1.82) is 0 Å². The van der Waals surface area contributed by atoms with Crippen molar-refractivity contribution in [2.45, 2.75) is 13.8 Å². The van der Waals surface area contributed by atoms with Crippen LogP contribution < -0.4 is 0 Å². The minimum Gasteiger partial charge on any atom is -0.309 e. The Kier molecular flexibility index (Phi) is 5.37. The molecular formula is C31H24N8. The Morgan fingerprint density at radius 3 is 1.21 bits per heavy atom. The van der Waals surface area contributed by atoms with Crippen LogP contribution in [0.2, 0.25) is 0 Å². The average Bonchev–Trinajstić information content (AvgIpc) is 3.73. The maximum atomic E-state index is 4.39. The lowest BCUT2D eigenvalue weighted by atomic mass is 10.2. The molecule has 0 fully saturated rings. The SMILES string of the molecule is CC.c1cc2c(cn1)c1cnccc1n2-c1cc(-n2ccnc2)cc(-n2c3ccncc3c3cnccc32)c1. The number of rotatable bonds is 3. The maximum absolute atomic E-state index is 4.39. The van der Waals surface area contributed by atoms with E-state index in [2.05, 4.69) is 76.5 Å². The van der Waals surface area contributed by atoms with Crippen molar-refractivity contribution in [1.82, 2.24) is 38.6 Å². The van der Waals surface area contributed by atoms with Crippen LogP contribution in [0.15, 0.2) is 111 Å². The Bertz CT molecular complexity index is 1860. The van der Waals surface area contributed by atoms with Gasteiger partial charge in [0, 0.05) is 83.5 Å². The normalized spacial score (nSPS) is 11.3. The van der Waals surface area contributed by atoms with E-state index >= 15 is 0 Å². The van der Waals surface area contributed by atoms with Crippen LogP contribution in [0, 0.1) is 0 Å². The zero-order valence-electron chi connectivity index (χ0n) is 21.5. The second kappa shape index (κ2) is 9.18. The highest BCUT2D eigenvalue weighted by molar-refractivity contribution is 6.09. The standard InChI is InChI=1S/C29H18N8.C2H6/c1-5-30-14-22-23-15-31-6-2-27(23)36(26(1)22)20-11-19(35-10-9-34-18-35)12-21(13-20)37-28-3-7-32-16-24(28)25-17-33-8-4-29(25)37;1-2/h1-18H;1-2H3. The van der Waals surface area contributed by atoms with Gasteiger partial charge >= 0.3 is 0 Å². The van der Waals surface area contributed by atoms with Gasteiger partial charge in [-0.3, -0.25) is 19.9 Å². The Balaban J connectivity index is 0.00000124. The summed E-state index contributed by atoms with van der Waals surface area (Å²) in [6.07, 6.45) is 20.5. The van der Waals surface area contributed by atoms with Gasteiger partial charge in [-0.1, -0.05) is 13.8 Å². The molecule has 0 saturated carbocycles. The van der Waals surface area contributed by atoms with Gasteiger partial charge in [0.25, 0.3) is 0 Å². The molecule has 0 atom stereocenters. The fourth-order valence-corrected chi connectivity index (χ4v) is 5.37. The molecule has 1 aromatic carbocycles. The van der Waals surface area contributed by atoms with Gasteiger partial charge in [-0.25, -0.2) is 4.98 Å². The lowest BCUT2D eigenvalue weighted by molar-refractivity contribution is 1.03. The van der Waals surface area contributed by atoms with Crippen LogP contribution in [-0.4, -0.2) is 38.6 Å². The molecule has 0 aliphatic heterocycles. The minimum atomic E-state index is 1.00. The lowest BCUT2D eigenvalue weighted by Gasteiger charge is -2.15. The second-order valence-corrected chi connectivity index (χ2v) is 8.92. The number of nitrogens with zero attached hydrogens (tertiary/aromatic N) is 8. The van der Waals surface area contributed by atoms with E-state index in [9.17, 15) is 0 Å². The number of pyridine rings is 4. The summed E-state index contributed by atoms with van der Waals surface area (Å²) in [5.41, 5.74) is 7.34. The first-order chi connectivity index (χ1) is 19.4. The van der Waals surface area contributed by atoms with E-state index in [1.165, 1.54) is 0 Å². The van der Waals surface area contributed by atoms with E-state index in [1.54, 1.807) is 6.20 Å². The summed E-state index contributed by atoms with van der Waals surface area (Å²) < 4.78 is 6.57. The van der Waals surface area contributed by atoms with Gasteiger partial charge in [0.15, 0.2) is 0 Å². The van der Waals surface area contributed by atoms with E-state index in [0.29, 0.717) is 0 Å². The molecule has 0 saturated heterocycles. The summed E-state index contributed by atoms with van der Waals surface area (Å²) in [4.78, 5) is 21.8. The summed E-state index contributed by atoms with van der Waals surface area (Å²) in [5, 5.41) is 4.26. The van der Waals surface area contributed by atoms with Crippen LogP contribution in [0.4, 0.5) is 0 Å². The number of hydrogen-bond donors (Lipinski definition) is 0. The number of aromatic nitrogens is 8. The quantitative estimate of drug-likeness (QED) is 0.266. The number of hydrogen-bond acceptors (Lipinski definition) is 5. The fourth-order valence-electron chi connectivity index (χ4n) is 5.37. The van der Waals surface area contributed by atoms with E-state index in [4.69, 9.17) is 0 Å². The van der Waals surface area contributed by atoms with Crippen molar-refractivity contribution in [2.24, 2.45) is 0 Å². The molecule has 0 amide bonds. The topological polar surface area (TPSA) is 79.2 Å². The lowest BCUT2D eigenvalue weighted by Crippen LogP contribution is -2.02. The molecule has 8 rings (SSSR count). The highest BCUT2D eigenvalue weighted by Crippen LogP contribution is 2.35. The monoisotopic (exact) mass is 508 g/mol. The van der Waals surface area contributed by atoms with E-state index in [-0.39, 0.29) is 0 Å². The molecule has 0 unspecified atom stereocenters. The first-order valence-electron chi connectivity index (χ1n) is 12.9. The summed E-state index contributed by atoms with van der Waals surface area (Å²) in [6.45, 7) is 4.00. The third-order valence-electron chi connectivity index (χ3n) is 6.94. The molecule has 8 aromatic rings. The highest BCUT2D eigenvalue weighted by Gasteiger charge is 2.17. The minimum absolute atomic E-state index is 1.00. The molecule has 0 bridgehead atoms. The van der Waals surface area contributed by atoms with Crippen LogP contribution in [-0.2, 0) is 0 Å².